The zero-order valence-corrected chi connectivity index (χ0v) is 7.96. The Balaban J connectivity index is 3.11. The third kappa shape index (κ3) is 1.77. The van der Waals surface area contributed by atoms with E-state index in [0.717, 1.165) is 0 Å². The highest BCUT2D eigenvalue weighted by atomic mass is 15.1. The van der Waals surface area contributed by atoms with Crippen molar-refractivity contribution in [1.82, 2.24) is 0 Å². The van der Waals surface area contributed by atoms with Crippen LogP contribution in [0.1, 0.15) is 11.1 Å². The summed E-state index contributed by atoms with van der Waals surface area (Å²) in [5, 5.41) is 0. The van der Waals surface area contributed by atoms with Crippen molar-refractivity contribution < 1.29 is 0 Å². The first-order valence-electron chi connectivity index (χ1n) is 4.12. The summed E-state index contributed by atoms with van der Waals surface area (Å²) < 4.78 is 0. The van der Waals surface area contributed by atoms with Crippen LogP contribution in [0.25, 0.3) is 0 Å². The van der Waals surface area contributed by atoms with Crippen molar-refractivity contribution in [3.8, 4) is 0 Å². The summed E-state index contributed by atoms with van der Waals surface area (Å²) in [4.78, 5) is 2.08. The molecule has 0 atom stereocenters. The Morgan fingerprint density at radius 2 is 2.00 bits per heavy atom. The third-order valence-electron chi connectivity index (χ3n) is 1.94. The van der Waals surface area contributed by atoms with Crippen molar-refractivity contribution in [3.05, 3.63) is 29.3 Å². The maximum Gasteiger partial charge on any atom is 0.0406 e. The van der Waals surface area contributed by atoms with Gasteiger partial charge in [-0.1, -0.05) is 17.7 Å². The molecular formula is C10H16N2. The van der Waals surface area contributed by atoms with E-state index in [9.17, 15) is 0 Å². The molecule has 0 aliphatic rings. The van der Waals surface area contributed by atoms with Gasteiger partial charge in [-0.3, -0.25) is 0 Å². The minimum atomic E-state index is 0.606. The molecule has 0 bridgehead atoms. The highest BCUT2D eigenvalue weighted by molar-refractivity contribution is 5.53. The number of anilines is 1. The summed E-state index contributed by atoms with van der Waals surface area (Å²) in [6.45, 7) is 2.69. The van der Waals surface area contributed by atoms with Crippen molar-refractivity contribution in [3.63, 3.8) is 0 Å². The zero-order valence-electron chi connectivity index (χ0n) is 7.96. The van der Waals surface area contributed by atoms with Crippen LogP contribution < -0.4 is 10.6 Å². The van der Waals surface area contributed by atoms with Crippen molar-refractivity contribution >= 4 is 5.69 Å². The predicted octanol–water partition coefficient (Wildman–Crippen LogP) is 1.52. The second-order valence-corrected chi connectivity index (χ2v) is 3.23. The number of nitrogens with two attached hydrogens (primary N) is 1. The Bertz CT molecular complexity index is 267. The first kappa shape index (κ1) is 9.07. The molecule has 0 saturated carbocycles. The highest BCUT2D eigenvalue weighted by Crippen LogP contribution is 2.18. The molecule has 0 aliphatic carbocycles. The quantitative estimate of drug-likeness (QED) is 0.718. The maximum atomic E-state index is 5.63. The zero-order chi connectivity index (χ0) is 9.14. The lowest BCUT2D eigenvalue weighted by Gasteiger charge is -2.16. The van der Waals surface area contributed by atoms with Crippen LogP contribution in [0, 0.1) is 6.92 Å². The lowest BCUT2D eigenvalue weighted by Crippen LogP contribution is -2.13. The molecule has 66 valence electrons. The molecule has 0 aromatic heterocycles. The van der Waals surface area contributed by atoms with E-state index in [2.05, 4.69) is 30.0 Å². The molecule has 0 radical (unpaired) electrons. The lowest BCUT2D eigenvalue weighted by molar-refractivity contribution is 1.02. The average molecular weight is 164 g/mol. The number of nitrogens with zero attached hydrogens (tertiary/aromatic N) is 1. The number of hydrogen-bond donors (Lipinski definition) is 1. The largest absolute Gasteiger partial charge is 0.377 e. The van der Waals surface area contributed by atoms with Gasteiger partial charge in [0, 0.05) is 26.3 Å². The molecule has 12 heavy (non-hydrogen) atoms. The molecule has 2 nitrogen and oxygen atoms in total. The molecule has 0 fully saturated rings. The van der Waals surface area contributed by atoms with E-state index in [4.69, 9.17) is 5.73 Å². The van der Waals surface area contributed by atoms with Crippen molar-refractivity contribution in [2.75, 3.05) is 19.0 Å². The van der Waals surface area contributed by atoms with Crippen LogP contribution in [0.3, 0.4) is 0 Å². The SMILES string of the molecule is Cc1ccc(N(C)C)c(CN)c1. The molecule has 1 rings (SSSR count). The molecule has 0 aliphatic heterocycles. The van der Waals surface area contributed by atoms with Gasteiger partial charge < -0.3 is 10.6 Å². The topological polar surface area (TPSA) is 29.3 Å². The number of rotatable bonds is 2. The summed E-state index contributed by atoms with van der Waals surface area (Å²) in [6, 6.07) is 6.35. The van der Waals surface area contributed by atoms with Gasteiger partial charge in [-0.2, -0.15) is 0 Å². The molecule has 2 N–H and O–H groups in total. The molecule has 0 saturated heterocycles. The Hall–Kier alpha value is -1.02. The van der Waals surface area contributed by atoms with E-state index in [1.807, 2.05) is 14.1 Å². The first-order chi connectivity index (χ1) is 5.65. The molecular weight excluding hydrogens is 148 g/mol. The van der Waals surface area contributed by atoms with E-state index in [1.54, 1.807) is 0 Å². The normalized spacial score (nSPS) is 10.0. The monoisotopic (exact) mass is 164 g/mol. The Kier molecular flexibility index (Phi) is 2.71. The molecule has 0 heterocycles. The summed E-state index contributed by atoms with van der Waals surface area (Å²) in [5.74, 6) is 0. The van der Waals surface area contributed by atoms with Gasteiger partial charge in [0.1, 0.15) is 0 Å². The van der Waals surface area contributed by atoms with Gasteiger partial charge in [-0.15, -0.1) is 0 Å². The summed E-state index contributed by atoms with van der Waals surface area (Å²) in [6.07, 6.45) is 0. The molecule has 1 aromatic rings. The fraction of sp³-hybridized carbons (Fsp3) is 0.400. The van der Waals surface area contributed by atoms with Crippen LogP contribution in [0.15, 0.2) is 18.2 Å². The van der Waals surface area contributed by atoms with Gasteiger partial charge >= 0.3 is 0 Å². The van der Waals surface area contributed by atoms with Crippen LogP contribution >= 0.6 is 0 Å². The third-order valence-corrected chi connectivity index (χ3v) is 1.94. The van der Waals surface area contributed by atoms with Crippen LogP contribution in [0.2, 0.25) is 0 Å². The van der Waals surface area contributed by atoms with Crippen LogP contribution in [0.4, 0.5) is 5.69 Å². The lowest BCUT2D eigenvalue weighted by atomic mass is 10.1. The van der Waals surface area contributed by atoms with Crippen molar-refractivity contribution in [2.24, 2.45) is 5.73 Å². The Morgan fingerprint density at radius 3 is 2.50 bits per heavy atom. The molecule has 0 unspecified atom stereocenters. The van der Waals surface area contributed by atoms with Gasteiger partial charge in [0.15, 0.2) is 0 Å². The van der Waals surface area contributed by atoms with E-state index < -0.39 is 0 Å². The fourth-order valence-electron chi connectivity index (χ4n) is 1.31. The van der Waals surface area contributed by atoms with E-state index in [0.29, 0.717) is 6.54 Å². The fourth-order valence-corrected chi connectivity index (χ4v) is 1.31. The second-order valence-electron chi connectivity index (χ2n) is 3.23. The summed E-state index contributed by atoms with van der Waals surface area (Å²) in [7, 11) is 4.06. The number of benzene rings is 1. The minimum absolute atomic E-state index is 0.606. The first-order valence-corrected chi connectivity index (χ1v) is 4.12. The number of hydrogen-bond acceptors (Lipinski definition) is 2. The predicted molar refractivity (Wildman–Crippen MR) is 53.4 cm³/mol. The second kappa shape index (κ2) is 3.59. The van der Waals surface area contributed by atoms with Gasteiger partial charge in [-0.25, -0.2) is 0 Å². The van der Waals surface area contributed by atoms with E-state index in [1.165, 1.54) is 16.8 Å². The van der Waals surface area contributed by atoms with Gasteiger partial charge in [0.25, 0.3) is 0 Å². The van der Waals surface area contributed by atoms with Gasteiger partial charge in [0.05, 0.1) is 0 Å². The Labute approximate surface area is 74.0 Å². The smallest absolute Gasteiger partial charge is 0.0406 e. The highest BCUT2D eigenvalue weighted by Gasteiger charge is 2.01. The minimum Gasteiger partial charge on any atom is -0.377 e. The molecule has 0 amide bonds. The van der Waals surface area contributed by atoms with Gasteiger partial charge in [-0.05, 0) is 18.6 Å². The molecule has 1 aromatic carbocycles. The Morgan fingerprint density at radius 1 is 1.33 bits per heavy atom. The summed E-state index contributed by atoms with van der Waals surface area (Å²) in [5.41, 5.74) is 9.32. The molecule has 0 spiro atoms. The van der Waals surface area contributed by atoms with Crippen LogP contribution in [0.5, 0.6) is 0 Å². The van der Waals surface area contributed by atoms with Gasteiger partial charge in [0.2, 0.25) is 0 Å². The van der Waals surface area contributed by atoms with E-state index >= 15 is 0 Å². The molecule has 2 heteroatoms. The average Bonchev–Trinajstić information content (AvgIpc) is 2.03. The standard InChI is InChI=1S/C10H16N2/c1-8-4-5-10(12(2)3)9(6-8)7-11/h4-6H,7,11H2,1-3H3. The van der Waals surface area contributed by atoms with E-state index in [-0.39, 0.29) is 0 Å². The maximum absolute atomic E-state index is 5.63. The van der Waals surface area contributed by atoms with Crippen LogP contribution in [-0.2, 0) is 6.54 Å². The van der Waals surface area contributed by atoms with Crippen molar-refractivity contribution in [1.29, 1.82) is 0 Å². The van der Waals surface area contributed by atoms with Crippen LogP contribution in [-0.4, -0.2) is 14.1 Å². The summed E-state index contributed by atoms with van der Waals surface area (Å²) >= 11 is 0. The van der Waals surface area contributed by atoms with Crippen molar-refractivity contribution in [2.45, 2.75) is 13.5 Å². The number of aryl methyl sites for hydroxylation is 1.